The molecule has 0 radical (unpaired) electrons. The van der Waals surface area contributed by atoms with Gasteiger partial charge in [0.25, 0.3) is 0 Å². The number of hydrogen-bond acceptors (Lipinski definition) is 0. The molecule has 2 N–H and O–H groups in total. The van der Waals surface area contributed by atoms with E-state index in [9.17, 15) is 0 Å². The lowest BCUT2D eigenvalue weighted by molar-refractivity contribution is 1.33. The van der Waals surface area contributed by atoms with E-state index in [-0.39, 0.29) is 0 Å². The van der Waals surface area contributed by atoms with E-state index in [0.29, 0.717) is 0 Å². The monoisotopic (exact) mass is 160 g/mol. The van der Waals surface area contributed by atoms with Crippen molar-refractivity contribution in [2.45, 2.75) is 0 Å². The first-order valence-electron chi connectivity index (χ1n) is 3.82. The second kappa shape index (κ2) is 6.04. The molecular weight excluding hydrogens is 148 g/mol. The number of aromatic amines is 2. The summed E-state index contributed by atoms with van der Waals surface area (Å²) in [6.07, 6.45) is 7.44. The Morgan fingerprint density at radius 1 is 0.417 bits per heavy atom. The van der Waals surface area contributed by atoms with Crippen molar-refractivity contribution in [1.29, 1.82) is 0 Å². The maximum absolute atomic E-state index is 2.99. The summed E-state index contributed by atoms with van der Waals surface area (Å²) >= 11 is 0. The van der Waals surface area contributed by atoms with Gasteiger partial charge < -0.3 is 9.97 Å². The molecule has 0 bridgehead atoms. The second-order valence-corrected chi connectivity index (χ2v) is 2.15. The van der Waals surface area contributed by atoms with Gasteiger partial charge in [0.15, 0.2) is 0 Å². The quantitative estimate of drug-likeness (QED) is 0.584. The number of aromatic nitrogens is 2. The van der Waals surface area contributed by atoms with Crippen LogP contribution in [0.25, 0.3) is 0 Å². The molecule has 1 aromatic rings. The molecule has 2 heteroatoms. The molecule has 0 unspecified atom stereocenters. The lowest BCUT2D eigenvalue weighted by Gasteiger charge is -1.73. The molecule has 0 saturated heterocycles. The molecule has 0 fully saturated rings. The van der Waals surface area contributed by atoms with E-state index in [2.05, 4.69) is 9.97 Å². The van der Waals surface area contributed by atoms with Crippen molar-refractivity contribution in [3.05, 3.63) is 61.2 Å². The Labute approximate surface area is 71.9 Å². The van der Waals surface area contributed by atoms with E-state index in [1.807, 2.05) is 61.2 Å². The number of H-pyrrole nitrogens is 2. The fraction of sp³-hybridized carbons (Fsp3) is 0. The van der Waals surface area contributed by atoms with Crippen LogP contribution in [0.15, 0.2) is 61.2 Å². The summed E-state index contributed by atoms with van der Waals surface area (Å²) in [6.45, 7) is 0. The van der Waals surface area contributed by atoms with Gasteiger partial charge in [0.05, 0.1) is 0 Å². The highest BCUT2D eigenvalue weighted by molar-refractivity contribution is 4.89. The van der Waals surface area contributed by atoms with E-state index in [0.717, 1.165) is 0 Å². The Balaban J connectivity index is 3.00. The topological polar surface area (TPSA) is 31.6 Å². The normalized spacial score (nSPS) is 8.00. The number of rotatable bonds is 0. The van der Waals surface area contributed by atoms with Crippen LogP contribution in [0.2, 0.25) is 0 Å². The Hall–Kier alpha value is -1.70. The average molecular weight is 160 g/mol. The number of nitrogens with one attached hydrogen (secondary N) is 2. The predicted octanol–water partition coefficient (Wildman–Crippen LogP) is 2.59. The molecule has 12 heavy (non-hydrogen) atoms. The maximum Gasteiger partial charge on any atom is 0.000496 e. The zero-order valence-corrected chi connectivity index (χ0v) is 6.77. The van der Waals surface area contributed by atoms with Gasteiger partial charge in [-0.1, -0.05) is 12.1 Å². The van der Waals surface area contributed by atoms with Crippen molar-refractivity contribution in [3.63, 3.8) is 0 Å². The third-order valence-electron chi connectivity index (χ3n) is 1.21. The minimum atomic E-state index is 1.86. The molecule has 0 atom stereocenters. The first-order valence-corrected chi connectivity index (χ1v) is 3.82. The molecule has 0 amide bonds. The third kappa shape index (κ3) is 4.17. The third-order valence-corrected chi connectivity index (χ3v) is 1.21. The summed E-state index contributed by atoms with van der Waals surface area (Å²) in [7, 11) is 0. The van der Waals surface area contributed by atoms with Gasteiger partial charge in [0.2, 0.25) is 0 Å². The largest absolute Gasteiger partial charge is 0.368 e. The molecule has 0 aromatic carbocycles. The Bertz CT molecular complexity index is 183. The van der Waals surface area contributed by atoms with Crippen molar-refractivity contribution >= 4 is 0 Å². The molecule has 0 aliphatic carbocycles. The van der Waals surface area contributed by atoms with Gasteiger partial charge in [-0.2, -0.15) is 0 Å². The summed E-state index contributed by atoms with van der Waals surface area (Å²) in [5, 5.41) is 0. The van der Waals surface area contributed by atoms with Gasteiger partial charge >= 0.3 is 0 Å². The Kier molecular flexibility index (Phi) is 4.23. The molecule has 0 aliphatic heterocycles. The minimum Gasteiger partial charge on any atom is -0.368 e. The van der Waals surface area contributed by atoms with E-state index in [4.69, 9.17) is 0 Å². The van der Waals surface area contributed by atoms with Crippen LogP contribution in [-0.2, 0) is 0 Å². The van der Waals surface area contributed by atoms with Gasteiger partial charge in [0, 0.05) is 24.8 Å². The van der Waals surface area contributed by atoms with Crippen LogP contribution in [0.1, 0.15) is 0 Å². The van der Waals surface area contributed by atoms with Crippen molar-refractivity contribution < 1.29 is 0 Å². The standard InChI is InChI=1S/C10H12N2/c1-2-4-8-12-10-6-5-9-11-7-3-1/h1-12H. The lowest BCUT2D eigenvalue weighted by Crippen LogP contribution is -1.58. The molecule has 1 heterocycles. The first kappa shape index (κ1) is 8.40. The second-order valence-electron chi connectivity index (χ2n) is 2.15. The van der Waals surface area contributed by atoms with E-state index in [1.54, 1.807) is 0 Å². The van der Waals surface area contributed by atoms with E-state index >= 15 is 0 Å². The molecule has 2 nitrogen and oxygen atoms in total. The summed E-state index contributed by atoms with van der Waals surface area (Å²) < 4.78 is 0. The van der Waals surface area contributed by atoms with Crippen molar-refractivity contribution in [1.82, 2.24) is 9.97 Å². The number of hydrogen-bond donors (Lipinski definition) is 2. The first-order chi connectivity index (χ1) is 6.00. The van der Waals surface area contributed by atoms with Crippen molar-refractivity contribution in [2.24, 2.45) is 0 Å². The molecule has 62 valence electrons. The molecule has 0 spiro atoms. The van der Waals surface area contributed by atoms with Gasteiger partial charge in [-0.15, -0.1) is 0 Å². The van der Waals surface area contributed by atoms with Crippen LogP contribution >= 0.6 is 0 Å². The molecule has 1 rings (SSSR count). The van der Waals surface area contributed by atoms with Crippen molar-refractivity contribution in [2.75, 3.05) is 0 Å². The maximum atomic E-state index is 2.99. The average Bonchev–Trinajstić information content (AvgIpc) is 2.05. The lowest BCUT2D eigenvalue weighted by atomic mass is 10.5. The SMILES string of the molecule is c1ccc[nH]cccc[nH]cc1. The summed E-state index contributed by atoms with van der Waals surface area (Å²) in [5.74, 6) is 0. The van der Waals surface area contributed by atoms with Crippen LogP contribution in [0.5, 0.6) is 0 Å². The minimum absolute atomic E-state index is 1.86. The van der Waals surface area contributed by atoms with Crippen LogP contribution in [-0.4, -0.2) is 9.97 Å². The van der Waals surface area contributed by atoms with Crippen LogP contribution in [0, 0.1) is 0 Å². The van der Waals surface area contributed by atoms with Gasteiger partial charge in [0.1, 0.15) is 0 Å². The highest BCUT2D eigenvalue weighted by Gasteiger charge is 1.56. The smallest absolute Gasteiger partial charge is 0.000496 e. The summed E-state index contributed by atoms with van der Waals surface area (Å²) in [4.78, 5) is 5.98. The van der Waals surface area contributed by atoms with Crippen LogP contribution in [0.3, 0.4) is 0 Å². The molecule has 0 aliphatic rings. The molecule has 1 aromatic heterocycles. The molecule has 0 saturated carbocycles. The van der Waals surface area contributed by atoms with Gasteiger partial charge in [-0.05, 0) is 24.3 Å². The fourth-order valence-corrected chi connectivity index (χ4v) is 0.684. The fourth-order valence-electron chi connectivity index (χ4n) is 0.684. The summed E-state index contributed by atoms with van der Waals surface area (Å²) in [5.41, 5.74) is 0. The van der Waals surface area contributed by atoms with Crippen LogP contribution < -0.4 is 0 Å². The zero-order chi connectivity index (χ0) is 8.49. The Morgan fingerprint density at radius 2 is 0.750 bits per heavy atom. The summed E-state index contributed by atoms with van der Waals surface area (Å²) in [6, 6.07) is 11.6. The highest BCUT2D eigenvalue weighted by Crippen LogP contribution is 1.74. The highest BCUT2D eigenvalue weighted by atomic mass is 14.6. The van der Waals surface area contributed by atoms with E-state index < -0.39 is 0 Å². The van der Waals surface area contributed by atoms with E-state index in [1.165, 1.54) is 0 Å². The van der Waals surface area contributed by atoms with Gasteiger partial charge in [-0.25, -0.2) is 0 Å². The predicted molar refractivity (Wildman–Crippen MR) is 50.4 cm³/mol. The van der Waals surface area contributed by atoms with Crippen LogP contribution in [0.4, 0.5) is 0 Å². The van der Waals surface area contributed by atoms with Gasteiger partial charge in [-0.3, -0.25) is 0 Å². The molecular formula is C10H12N2. The Morgan fingerprint density at radius 3 is 1.17 bits per heavy atom. The zero-order valence-electron chi connectivity index (χ0n) is 6.77. The van der Waals surface area contributed by atoms with Crippen molar-refractivity contribution in [3.8, 4) is 0 Å².